The average Bonchev–Trinajstić information content (AvgIpc) is 2.29. The van der Waals surface area contributed by atoms with Gasteiger partial charge in [-0.1, -0.05) is 0 Å². The van der Waals surface area contributed by atoms with Crippen molar-refractivity contribution in [3.05, 3.63) is 35.9 Å². The van der Waals surface area contributed by atoms with Crippen LogP contribution in [0.2, 0.25) is 5.28 Å². The molecule has 0 aliphatic carbocycles. The highest BCUT2D eigenvalue weighted by atomic mass is 35.5. The Bertz CT molecular complexity index is 476. The van der Waals surface area contributed by atoms with Gasteiger partial charge in [0.15, 0.2) is 0 Å². The quantitative estimate of drug-likeness (QED) is 0.730. The maximum absolute atomic E-state index is 5.70. The second-order valence-corrected chi connectivity index (χ2v) is 3.14. The minimum absolute atomic E-state index is 0.225. The first kappa shape index (κ1) is 9.86. The normalized spacial score (nSPS) is 10.0. The molecule has 2 rings (SSSR count). The van der Waals surface area contributed by atoms with E-state index in [0.717, 1.165) is 11.3 Å². The molecule has 0 atom stereocenters. The van der Waals surface area contributed by atoms with Crippen LogP contribution in [0, 0.1) is 0 Å². The molecule has 0 unspecified atom stereocenters. The molecule has 0 radical (unpaired) electrons. The predicted molar refractivity (Wildman–Crippen MR) is 56.8 cm³/mol. The molecule has 2 heterocycles. The van der Waals surface area contributed by atoms with E-state index in [-0.39, 0.29) is 5.28 Å². The van der Waals surface area contributed by atoms with Crippen LogP contribution >= 0.6 is 11.6 Å². The molecule has 0 saturated carbocycles. The van der Waals surface area contributed by atoms with E-state index in [1.807, 2.05) is 6.07 Å². The largest absolute Gasteiger partial charge is 0.481 e. The highest BCUT2D eigenvalue weighted by Gasteiger charge is 2.02. The van der Waals surface area contributed by atoms with Gasteiger partial charge in [-0.25, -0.2) is 15.0 Å². The summed E-state index contributed by atoms with van der Waals surface area (Å²) in [6, 6.07) is 5.40. The predicted octanol–water partition coefficient (Wildman–Crippen LogP) is 2.20. The number of rotatable bonds is 2. The van der Waals surface area contributed by atoms with Crippen LogP contribution in [0.25, 0.3) is 11.3 Å². The summed E-state index contributed by atoms with van der Waals surface area (Å²) in [5.41, 5.74) is 1.64. The zero-order chi connectivity index (χ0) is 10.7. The molecule has 2 aromatic rings. The fraction of sp³-hybridized carbons (Fsp3) is 0.100. The fourth-order valence-corrected chi connectivity index (χ4v) is 1.32. The molecule has 0 spiro atoms. The van der Waals surface area contributed by atoms with E-state index >= 15 is 0 Å². The molecule has 0 aromatic carbocycles. The first-order valence-electron chi connectivity index (χ1n) is 4.28. The second-order valence-electron chi connectivity index (χ2n) is 2.80. The summed E-state index contributed by atoms with van der Waals surface area (Å²) in [6.07, 6.45) is 3.27. The number of methoxy groups -OCH3 is 1. The summed E-state index contributed by atoms with van der Waals surface area (Å²) in [5, 5.41) is 0.225. The first-order valence-corrected chi connectivity index (χ1v) is 4.66. The van der Waals surface area contributed by atoms with Gasteiger partial charge in [-0.15, -0.1) is 0 Å². The second kappa shape index (κ2) is 4.23. The van der Waals surface area contributed by atoms with E-state index in [0.29, 0.717) is 5.88 Å². The van der Waals surface area contributed by atoms with Crippen molar-refractivity contribution in [2.24, 2.45) is 0 Å². The molecule has 0 amide bonds. The van der Waals surface area contributed by atoms with Crippen LogP contribution in [0.1, 0.15) is 0 Å². The summed E-state index contributed by atoms with van der Waals surface area (Å²) < 4.78 is 5.02. The molecule has 15 heavy (non-hydrogen) atoms. The SMILES string of the molecule is COc1cc(-c2ccnc(Cl)n2)ccn1. The van der Waals surface area contributed by atoms with E-state index in [4.69, 9.17) is 16.3 Å². The highest BCUT2D eigenvalue weighted by molar-refractivity contribution is 6.28. The standard InChI is InChI=1S/C10H8ClN3O/c1-15-9-6-7(2-4-12-9)8-3-5-13-10(11)14-8/h2-6H,1H3. The average molecular weight is 222 g/mol. The molecule has 0 N–H and O–H groups in total. The van der Waals surface area contributed by atoms with Crippen LogP contribution in [0.15, 0.2) is 30.6 Å². The van der Waals surface area contributed by atoms with Crippen molar-refractivity contribution < 1.29 is 4.74 Å². The number of ether oxygens (including phenoxy) is 1. The Morgan fingerprint density at radius 1 is 1.20 bits per heavy atom. The minimum Gasteiger partial charge on any atom is -0.481 e. The van der Waals surface area contributed by atoms with Crippen molar-refractivity contribution in [2.45, 2.75) is 0 Å². The number of aromatic nitrogens is 3. The summed E-state index contributed by atoms with van der Waals surface area (Å²) >= 11 is 5.70. The van der Waals surface area contributed by atoms with E-state index in [9.17, 15) is 0 Å². The van der Waals surface area contributed by atoms with Crippen LogP contribution in [0.5, 0.6) is 5.88 Å². The molecule has 0 fully saturated rings. The lowest BCUT2D eigenvalue weighted by Crippen LogP contribution is -1.90. The Morgan fingerprint density at radius 2 is 2.00 bits per heavy atom. The molecule has 76 valence electrons. The van der Waals surface area contributed by atoms with Crippen LogP contribution < -0.4 is 4.74 Å². The van der Waals surface area contributed by atoms with Crippen LogP contribution in [0.3, 0.4) is 0 Å². The fourth-order valence-electron chi connectivity index (χ4n) is 1.18. The molecule has 0 bridgehead atoms. The highest BCUT2D eigenvalue weighted by Crippen LogP contribution is 2.20. The van der Waals surface area contributed by atoms with Crippen LogP contribution in [-0.2, 0) is 0 Å². The number of nitrogens with zero attached hydrogens (tertiary/aromatic N) is 3. The monoisotopic (exact) mass is 221 g/mol. The lowest BCUT2D eigenvalue weighted by atomic mass is 10.2. The third kappa shape index (κ3) is 2.22. The van der Waals surface area contributed by atoms with Gasteiger partial charge in [0.05, 0.1) is 12.8 Å². The van der Waals surface area contributed by atoms with Gasteiger partial charge in [-0.05, 0) is 23.7 Å². The molecule has 2 aromatic heterocycles. The van der Waals surface area contributed by atoms with Crippen molar-refractivity contribution in [1.82, 2.24) is 15.0 Å². The molecule has 0 aliphatic heterocycles. The molecule has 5 heteroatoms. The van der Waals surface area contributed by atoms with Gasteiger partial charge in [0.25, 0.3) is 0 Å². The van der Waals surface area contributed by atoms with Crippen molar-refractivity contribution in [3.63, 3.8) is 0 Å². The lowest BCUT2D eigenvalue weighted by molar-refractivity contribution is 0.398. The van der Waals surface area contributed by atoms with Crippen molar-refractivity contribution in [2.75, 3.05) is 7.11 Å². The third-order valence-electron chi connectivity index (χ3n) is 1.87. The van der Waals surface area contributed by atoms with Gasteiger partial charge < -0.3 is 4.74 Å². The van der Waals surface area contributed by atoms with Gasteiger partial charge in [0.1, 0.15) is 0 Å². The van der Waals surface area contributed by atoms with Crippen LogP contribution in [0.4, 0.5) is 0 Å². The topological polar surface area (TPSA) is 47.9 Å². The third-order valence-corrected chi connectivity index (χ3v) is 2.05. The number of pyridine rings is 1. The summed E-state index contributed by atoms with van der Waals surface area (Å²) in [4.78, 5) is 11.9. The van der Waals surface area contributed by atoms with Crippen LogP contribution in [-0.4, -0.2) is 22.1 Å². The van der Waals surface area contributed by atoms with Crippen molar-refractivity contribution >= 4 is 11.6 Å². The molecular formula is C10H8ClN3O. The smallest absolute Gasteiger partial charge is 0.222 e. The Morgan fingerprint density at radius 3 is 2.73 bits per heavy atom. The van der Waals surface area contributed by atoms with Crippen molar-refractivity contribution in [1.29, 1.82) is 0 Å². The Balaban J connectivity index is 2.44. The van der Waals surface area contributed by atoms with E-state index in [2.05, 4.69) is 15.0 Å². The Kier molecular flexibility index (Phi) is 2.78. The maximum atomic E-state index is 5.70. The molecule has 0 aliphatic rings. The zero-order valence-electron chi connectivity index (χ0n) is 8.01. The van der Waals surface area contributed by atoms with Gasteiger partial charge >= 0.3 is 0 Å². The number of hydrogen-bond donors (Lipinski definition) is 0. The number of halogens is 1. The van der Waals surface area contributed by atoms with Gasteiger partial charge in [0, 0.05) is 24.0 Å². The molecular weight excluding hydrogens is 214 g/mol. The molecule has 0 saturated heterocycles. The van der Waals surface area contributed by atoms with Gasteiger partial charge in [-0.2, -0.15) is 0 Å². The van der Waals surface area contributed by atoms with Gasteiger partial charge in [-0.3, -0.25) is 0 Å². The van der Waals surface area contributed by atoms with Gasteiger partial charge in [0.2, 0.25) is 11.2 Å². The number of hydrogen-bond acceptors (Lipinski definition) is 4. The summed E-state index contributed by atoms with van der Waals surface area (Å²) in [6.45, 7) is 0. The Labute approximate surface area is 91.9 Å². The minimum atomic E-state index is 0.225. The van der Waals surface area contributed by atoms with Crippen molar-refractivity contribution in [3.8, 4) is 17.1 Å². The first-order chi connectivity index (χ1) is 7.29. The summed E-state index contributed by atoms with van der Waals surface area (Å²) in [5.74, 6) is 0.544. The zero-order valence-corrected chi connectivity index (χ0v) is 8.77. The summed E-state index contributed by atoms with van der Waals surface area (Å²) in [7, 11) is 1.57. The van der Waals surface area contributed by atoms with E-state index in [1.54, 1.807) is 31.6 Å². The van der Waals surface area contributed by atoms with E-state index < -0.39 is 0 Å². The van der Waals surface area contributed by atoms with E-state index in [1.165, 1.54) is 0 Å². The molecule has 4 nitrogen and oxygen atoms in total. The lowest BCUT2D eigenvalue weighted by Gasteiger charge is -2.02. The maximum Gasteiger partial charge on any atom is 0.222 e. The Hall–Kier alpha value is -1.68.